The quantitative estimate of drug-likeness (QED) is 0.730. The number of aromatic nitrogens is 4. The minimum Gasteiger partial charge on any atom is -0.303 e. The number of hydrogen-bond donors (Lipinski definition) is 0. The summed E-state index contributed by atoms with van der Waals surface area (Å²) in [5, 5.41) is 10.4. The first-order chi connectivity index (χ1) is 10.7. The summed E-state index contributed by atoms with van der Waals surface area (Å²) < 4.78 is 28.8. The number of hydrogen-bond acceptors (Lipinski definition) is 5. The second-order valence-electron chi connectivity index (χ2n) is 4.73. The van der Waals surface area contributed by atoms with E-state index in [1.54, 1.807) is 11.6 Å². The minimum absolute atomic E-state index is 0.276. The Morgan fingerprint density at radius 2 is 2.09 bits per heavy atom. The Morgan fingerprint density at radius 3 is 2.95 bits per heavy atom. The smallest absolute Gasteiger partial charge is 0.183 e. The fraction of sp³-hybridized carbons (Fsp3) is 0.143. The van der Waals surface area contributed by atoms with Gasteiger partial charge in [-0.3, -0.25) is 4.99 Å². The lowest BCUT2D eigenvalue weighted by molar-refractivity contribution is 0.585. The van der Waals surface area contributed by atoms with Crippen molar-refractivity contribution in [2.24, 2.45) is 4.99 Å². The largest absolute Gasteiger partial charge is 0.303 e. The van der Waals surface area contributed by atoms with Crippen molar-refractivity contribution < 1.29 is 8.78 Å². The van der Waals surface area contributed by atoms with Crippen LogP contribution < -0.4 is 0 Å². The predicted octanol–water partition coefficient (Wildman–Crippen LogP) is 2.78. The van der Waals surface area contributed by atoms with Gasteiger partial charge in [0.2, 0.25) is 0 Å². The van der Waals surface area contributed by atoms with E-state index < -0.39 is 11.6 Å². The van der Waals surface area contributed by atoms with Gasteiger partial charge in [-0.25, -0.2) is 13.8 Å². The summed E-state index contributed by atoms with van der Waals surface area (Å²) in [6.45, 7) is 1.35. The molecule has 110 valence electrons. The van der Waals surface area contributed by atoms with E-state index >= 15 is 0 Å². The number of thiazole rings is 1. The topological polar surface area (TPSA) is 56.0 Å². The minimum atomic E-state index is -0.628. The second kappa shape index (κ2) is 5.06. The van der Waals surface area contributed by atoms with Crippen LogP contribution in [0.2, 0.25) is 0 Å². The monoisotopic (exact) mass is 317 g/mol. The molecule has 3 aromatic rings. The number of nitrogens with zero attached hydrogens (tertiary/aromatic N) is 5. The molecule has 0 unspecified atom stereocenters. The van der Waals surface area contributed by atoms with E-state index in [-0.39, 0.29) is 5.56 Å². The highest BCUT2D eigenvalue weighted by Crippen LogP contribution is 2.30. The van der Waals surface area contributed by atoms with Gasteiger partial charge >= 0.3 is 0 Å². The van der Waals surface area contributed by atoms with Gasteiger partial charge in [-0.05, 0) is 12.1 Å². The fourth-order valence-electron chi connectivity index (χ4n) is 2.29. The van der Waals surface area contributed by atoms with Gasteiger partial charge in [0.25, 0.3) is 0 Å². The SMILES string of the molecule is Fc1ccc(-c2nc(-c3nnc4n3CCN=C4)cs2)c(F)c1. The lowest BCUT2D eigenvalue weighted by atomic mass is 10.2. The summed E-state index contributed by atoms with van der Waals surface area (Å²) in [5.74, 6) is 0.0788. The predicted molar refractivity (Wildman–Crippen MR) is 78.9 cm³/mol. The maximum Gasteiger partial charge on any atom is 0.183 e. The van der Waals surface area contributed by atoms with E-state index in [4.69, 9.17) is 0 Å². The second-order valence-corrected chi connectivity index (χ2v) is 5.59. The zero-order chi connectivity index (χ0) is 15.1. The third-order valence-electron chi connectivity index (χ3n) is 3.33. The molecule has 1 aliphatic heterocycles. The molecule has 0 spiro atoms. The van der Waals surface area contributed by atoms with Crippen molar-refractivity contribution in [3.63, 3.8) is 0 Å². The molecule has 0 atom stereocenters. The van der Waals surface area contributed by atoms with Crippen LogP contribution in [0.4, 0.5) is 8.78 Å². The molecule has 0 radical (unpaired) electrons. The molecule has 8 heteroatoms. The van der Waals surface area contributed by atoms with Gasteiger partial charge in [0, 0.05) is 23.6 Å². The van der Waals surface area contributed by atoms with Crippen molar-refractivity contribution >= 4 is 17.6 Å². The maximum absolute atomic E-state index is 13.8. The van der Waals surface area contributed by atoms with Gasteiger partial charge in [0.05, 0.1) is 12.8 Å². The van der Waals surface area contributed by atoms with E-state index in [0.717, 1.165) is 6.07 Å². The molecule has 0 N–H and O–H groups in total. The van der Waals surface area contributed by atoms with Crippen molar-refractivity contribution in [3.8, 4) is 22.1 Å². The first kappa shape index (κ1) is 13.2. The van der Waals surface area contributed by atoms with E-state index in [9.17, 15) is 8.78 Å². The van der Waals surface area contributed by atoms with Crippen LogP contribution in [-0.4, -0.2) is 32.5 Å². The van der Waals surface area contributed by atoms with Gasteiger partial charge in [-0.15, -0.1) is 21.5 Å². The number of benzene rings is 1. The molecule has 22 heavy (non-hydrogen) atoms. The lowest BCUT2D eigenvalue weighted by Gasteiger charge is -2.08. The lowest BCUT2D eigenvalue weighted by Crippen LogP contribution is -2.12. The summed E-state index contributed by atoms with van der Waals surface area (Å²) in [4.78, 5) is 8.56. The van der Waals surface area contributed by atoms with Crippen molar-refractivity contribution in [3.05, 3.63) is 41.0 Å². The van der Waals surface area contributed by atoms with Crippen LogP contribution in [0.1, 0.15) is 5.82 Å². The van der Waals surface area contributed by atoms with Crippen molar-refractivity contribution in [1.82, 2.24) is 19.7 Å². The van der Waals surface area contributed by atoms with Crippen LogP contribution in [0, 0.1) is 11.6 Å². The Labute approximate surface area is 128 Å². The summed E-state index contributed by atoms with van der Waals surface area (Å²) in [7, 11) is 0. The highest BCUT2D eigenvalue weighted by Gasteiger charge is 2.18. The molecule has 4 rings (SSSR count). The molecule has 1 aliphatic rings. The number of halogens is 2. The Hall–Kier alpha value is -2.48. The van der Waals surface area contributed by atoms with Crippen molar-refractivity contribution in [1.29, 1.82) is 0 Å². The van der Waals surface area contributed by atoms with Gasteiger partial charge in [-0.1, -0.05) is 0 Å². The summed E-state index contributed by atoms with van der Waals surface area (Å²) in [5.41, 5.74) is 0.898. The summed E-state index contributed by atoms with van der Waals surface area (Å²) >= 11 is 1.28. The molecule has 0 fully saturated rings. The van der Waals surface area contributed by atoms with E-state index in [1.165, 1.54) is 23.5 Å². The molecule has 0 amide bonds. The zero-order valence-electron chi connectivity index (χ0n) is 11.2. The van der Waals surface area contributed by atoms with Gasteiger partial charge in [0.1, 0.15) is 22.3 Å². The molecule has 2 aromatic heterocycles. The van der Waals surface area contributed by atoms with Gasteiger partial charge < -0.3 is 4.57 Å². The molecular weight excluding hydrogens is 308 g/mol. The highest BCUT2D eigenvalue weighted by molar-refractivity contribution is 7.13. The Balaban J connectivity index is 1.76. The van der Waals surface area contributed by atoms with Gasteiger partial charge in [0.15, 0.2) is 11.6 Å². The Morgan fingerprint density at radius 1 is 1.18 bits per heavy atom. The first-order valence-electron chi connectivity index (χ1n) is 6.57. The van der Waals surface area contributed by atoms with E-state index in [2.05, 4.69) is 20.2 Å². The third kappa shape index (κ3) is 2.12. The van der Waals surface area contributed by atoms with Crippen LogP contribution in [0.25, 0.3) is 22.1 Å². The van der Waals surface area contributed by atoms with Crippen LogP contribution >= 0.6 is 11.3 Å². The van der Waals surface area contributed by atoms with Gasteiger partial charge in [-0.2, -0.15) is 0 Å². The normalized spacial score (nSPS) is 13.4. The number of rotatable bonds is 2. The molecule has 0 aliphatic carbocycles. The van der Waals surface area contributed by atoms with Crippen LogP contribution in [-0.2, 0) is 6.54 Å². The highest BCUT2D eigenvalue weighted by atomic mass is 32.1. The average molecular weight is 317 g/mol. The van der Waals surface area contributed by atoms with Crippen LogP contribution in [0.15, 0.2) is 28.6 Å². The Bertz CT molecular complexity index is 883. The zero-order valence-corrected chi connectivity index (χ0v) is 12.0. The van der Waals surface area contributed by atoms with Crippen molar-refractivity contribution in [2.45, 2.75) is 6.54 Å². The molecule has 0 bridgehead atoms. The average Bonchev–Trinajstić information content (AvgIpc) is 3.13. The van der Waals surface area contributed by atoms with Crippen LogP contribution in [0.3, 0.4) is 0 Å². The van der Waals surface area contributed by atoms with Crippen LogP contribution in [0.5, 0.6) is 0 Å². The Kier molecular flexibility index (Phi) is 3.04. The molecule has 3 heterocycles. The molecule has 1 aromatic carbocycles. The van der Waals surface area contributed by atoms with Crippen molar-refractivity contribution in [2.75, 3.05) is 6.54 Å². The molecule has 5 nitrogen and oxygen atoms in total. The summed E-state index contributed by atoms with van der Waals surface area (Å²) in [6.07, 6.45) is 1.67. The van der Waals surface area contributed by atoms with E-state index in [1.807, 2.05) is 4.57 Å². The molecule has 0 saturated carbocycles. The molecular formula is C14H9F2N5S. The third-order valence-corrected chi connectivity index (χ3v) is 4.21. The number of fused-ring (bicyclic) bond motifs is 1. The first-order valence-corrected chi connectivity index (χ1v) is 7.45. The molecule has 0 saturated heterocycles. The fourth-order valence-corrected chi connectivity index (χ4v) is 3.11. The van der Waals surface area contributed by atoms with E-state index in [0.29, 0.717) is 35.4 Å². The standard InChI is InChI=1S/C14H9F2N5S/c15-8-1-2-9(10(16)5-8)14-18-11(7-22-14)13-20-19-12-6-17-3-4-21(12)13/h1-2,5-7H,3-4H2. The number of aliphatic imine (C=N–C) groups is 1. The maximum atomic E-state index is 13.8. The summed E-state index contributed by atoms with van der Waals surface area (Å²) in [6, 6.07) is 3.46.